The van der Waals surface area contributed by atoms with Crippen LogP contribution in [0.2, 0.25) is 0 Å². The SMILES string of the molecule is Cc1ccc(NNc2c(O)ccc3cc(C)ccc23)cc1. The Balaban J connectivity index is 1.92. The van der Waals surface area contributed by atoms with Crippen molar-refractivity contribution < 1.29 is 5.11 Å². The van der Waals surface area contributed by atoms with Gasteiger partial charge in [-0.15, -0.1) is 0 Å². The monoisotopic (exact) mass is 278 g/mol. The van der Waals surface area contributed by atoms with Gasteiger partial charge in [0.25, 0.3) is 0 Å². The highest BCUT2D eigenvalue weighted by atomic mass is 16.3. The second-order valence-corrected chi connectivity index (χ2v) is 5.30. The molecule has 3 heteroatoms. The van der Waals surface area contributed by atoms with Crippen LogP contribution in [0.5, 0.6) is 5.75 Å². The van der Waals surface area contributed by atoms with Crippen molar-refractivity contribution in [2.24, 2.45) is 0 Å². The van der Waals surface area contributed by atoms with Crippen LogP contribution in [0.3, 0.4) is 0 Å². The molecule has 0 aromatic heterocycles. The van der Waals surface area contributed by atoms with Gasteiger partial charge >= 0.3 is 0 Å². The number of phenolic OH excluding ortho intramolecular Hbond substituents is 1. The number of fused-ring (bicyclic) bond motifs is 1. The number of hydrogen-bond donors (Lipinski definition) is 3. The van der Waals surface area contributed by atoms with Crippen LogP contribution in [0.1, 0.15) is 11.1 Å². The van der Waals surface area contributed by atoms with Crippen molar-refractivity contribution in [2.75, 3.05) is 10.9 Å². The summed E-state index contributed by atoms with van der Waals surface area (Å²) in [5.41, 5.74) is 10.3. The molecule has 21 heavy (non-hydrogen) atoms. The molecule has 0 aliphatic heterocycles. The normalized spacial score (nSPS) is 10.6. The predicted molar refractivity (Wildman–Crippen MR) is 88.8 cm³/mol. The van der Waals surface area contributed by atoms with Gasteiger partial charge in [0, 0.05) is 5.39 Å². The van der Waals surface area contributed by atoms with Crippen LogP contribution in [0.15, 0.2) is 54.6 Å². The molecule has 0 bridgehead atoms. The quantitative estimate of drug-likeness (QED) is 0.484. The Kier molecular flexibility index (Phi) is 3.40. The van der Waals surface area contributed by atoms with Gasteiger partial charge in [-0.2, -0.15) is 0 Å². The van der Waals surface area contributed by atoms with Gasteiger partial charge in [0.15, 0.2) is 0 Å². The molecule has 3 rings (SSSR count). The summed E-state index contributed by atoms with van der Waals surface area (Å²) < 4.78 is 0. The van der Waals surface area contributed by atoms with Gasteiger partial charge in [-0.1, -0.05) is 47.5 Å². The molecule has 0 heterocycles. The maximum absolute atomic E-state index is 10.1. The number of aryl methyl sites for hydroxylation is 2. The van der Waals surface area contributed by atoms with E-state index in [0.29, 0.717) is 5.69 Å². The lowest BCUT2D eigenvalue weighted by molar-refractivity contribution is 0.478. The molecule has 3 aromatic rings. The summed E-state index contributed by atoms with van der Waals surface area (Å²) in [7, 11) is 0. The molecule has 0 fully saturated rings. The first-order valence-corrected chi connectivity index (χ1v) is 6.94. The van der Waals surface area contributed by atoms with E-state index in [1.807, 2.05) is 42.5 Å². The van der Waals surface area contributed by atoms with E-state index in [-0.39, 0.29) is 5.75 Å². The molecule has 0 unspecified atom stereocenters. The highest BCUT2D eigenvalue weighted by Gasteiger charge is 2.06. The van der Waals surface area contributed by atoms with Gasteiger partial charge in [0.2, 0.25) is 0 Å². The maximum Gasteiger partial charge on any atom is 0.141 e. The standard InChI is InChI=1S/C18H18N2O/c1-12-3-7-15(8-4-12)19-20-18-16-9-5-13(2)11-14(16)6-10-17(18)21/h3-11,19-21H,1-2H3. The van der Waals surface area contributed by atoms with Crippen molar-refractivity contribution in [3.8, 4) is 5.75 Å². The summed E-state index contributed by atoms with van der Waals surface area (Å²) >= 11 is 0. The Hall–Kier alpha value is -2.68. The Labute approximate surface area is 124 Å². The molecule has 3 aromatic carbocycles. The topological polar surface area (TPSA) is 44.3 Å². The van der Waals surface area contributed by atoms with E-state index in [9.17, 15) is 5.11 Å². The summed E-state index contributed by atoms with van der Waals surface area (Å²) in [6, 6.07) is 17.9. The summed E-state index contributed by atoms with van der Waals surface area (Å²) in [6.45, 7) is 4.11. The average Bonchev–Trinajstić information content (AvgIpc) is 2.48. The molecule has 3 N–H and O–H groups in total. The molecule has 0 spiro atoms. The van der Waals surface area contributed by atoms with Gasteiger partial charge in [0.1, 0.15) is 11.4 Å². The number of anilines is 2. The summed E-state index contributed by atoms with van der Waals surface area (Å²) in [6.07, 6.45) is 0. The largest absolute Gasteiger partial charge is 0.506 e. The molecular formula is C18H18N2O. The number of rotatable bonds is 3. The van der Waals surface area contributed by atoms with Crippen LogP contribution in [-0.2, 0) is 0 Å². The van der Waals surface area contributed by atoms with Gasteiger partial charge in [-0.05, 0) is 37.4 Å². The van der Waals surface area contributed by atoms with E-state index >= 15 is 0 Å². The Bertz CT molecular complexity index is 779. The van der Waals surface area contributed by atoms with Crippen molar-refractivity contribution in [3.63, 3.8) is 0 Å². The van der Waals surface area contributed by atoms with Crippen LogP contribution in [0.25, 0.3) is 10.8 Å². The third-order valence-electron chi connectivity index (χ3n) is 3.54. The first-order valence-electron chi connectivity index (χ1n) is 6.94. The lowest BCUT2D eigenvalue weighted by atomic mass is 10.1. The van der Waals surface area contributed by atoms with Gasteiger partial charge < -0.3 is 10.5 Å². The van der Waals surface area contributed by atoms with E-state index in [1.165, 1.54) is 11.1 Å². The van der Waals surface area contributed by atoms with Crippen molar-refractivity contribution >= 4 is 22.1 Å². The highest BCUT2D eigenvalue weighted by molar-refractivity contribution is 5.97. The number of hydrazine groups is 1. The number of hydrogen-bond acceptors (Lipinski definition) is 3. The van der Waals surface area contributed by atoms with Crippen LogP contribution in [0, 0.1) is 13.8 Å². The third-order valence-corrected chi connectivity index (χ3v) is 3.54. The fraction of sp³-hybridized carbons (Fsp3) is 0.111. The number of nitrogens with one attached hydrogen (secondary N) is 2. The van der Waals surface area contributed by atoms with E-state index in [4.69, 9.17) is 0 Å². The fourth-order valence-electron chi connectivity index (χ4n) is 2.34. The van der Waals surface area contributed by atoms with Crippen molar-refractivity contribution in [2.45, 2.75) is 13.8 Å². The maximum atomic E-state index is 10.1. The van der Waals surface area contributed by atoms with Crippen LogP contribution in [0.4, 0.5) is 11.4 Å². The molecular weight excluding hydrogens is 260 g/mol. The van der Waals surface area contributed by atoms with Crippen molar-refractivity contribution in [1.29, 1.82) is 0 Å². The average molecular weight is 278 g/mol. The molecule has 0 atom stereocenters. The van der Waals surface area contributed by atoms with Crippen molar-refractivity contribution in [3.05, 3.63) is 65.7 Å². The minimum absolute atomic E-state index is 0.228. The number of aromatic hydroxyl groups is 1. The second kappa shape index (κ2) is 5.37. The zero-order valence-corrected chi connectivity index (χ0v) is 12.1. The molecule has 0 amide bonds. The molecule has 0 saturated heterocycles. The van der Waals surface area contributed by atoms with Crippen molar-refractivity contribution in [1.82, 2.24) is 0 Å². The zero-order valence-electron chi connectivity index (χ0n) is 12.1. The van der Waals surface area contributed by atoms with Gasteiger partial charge in [0.05, 0.1) is 5.69 Å². The predicted octanol–water partition coefficient (Wildman–Crippen LogP) is 4.60. The highest BCUT2D eigenvalue weighted by Crippen LogP contribution is 2.32. The summed E-state index contributed by atoms with van der Waals surface area (Å²) in [4.78, 5) is 0. The zero-order chi connectivity index (χ0) is 14.8. The van der Waals surface area contributed by atoms with E-state index in [2.05, 4.69) is 30.8 Å². The third kappa shape index (κ3) is 2.77. The summed E-state index contributed by atoms with van der Waals surface area (Å²) in [5, 5.41) is 12.2. The van der Waals surface area contributed by atoms with E-state index in [1.54, 1.807) is 6.07 Å². The first-order chi connectivity index (χ1) is 10.1. The Morgan fingerprint density at radius 2 is 1.48 bits per heavy atom. The number of phenols is 1. The molecule has 0 aliphatic rings. The Morgan fingerprint density at radius 3 is 2.24 bits per heavy atom. The second-order valence-electron chi connectivity index (χ2n) is 5.30. The summed E-state index contributed by atoms with van der Waals surface area (Å²) in [5.74, 6) is 0.228. The van der Waals surface area contributed by atoms with E-state index in [0.717, 1.165) is 16.5 Å². The first kappa shape index (κ1) is 13.3. The van der Waals surface area contributed by atoms with Gasteiger partial charge in [-0.25, -0.2) is 0 Å². The molecule has 0 aliphatic carbocycles. The number of benzene rings is 3. The minimum atomic E-state index is 0.228. The van der Waals surface area contributed by atoms with Crippen LogP contribution < -0.4 is 10.9 Å². The van der Waals surface area contributed by atoms with Crippen LogP contribution in [-0.4, -0.2) is 5.11 Å². The lowest BCUT2D eigenvalue weighted by Gasteiger charge is -2.14. The smallest absolute Gasteiger partial charge is 0.141 e. The molecule has 0 saturated carbocycles. The molecule has 106 valence electrons. The van der Waals surface area contributed by atoms with Gasteiger partial charge in [-0.3, -0.25) is 5.43 Å². The molecule has 3 nitrogen and oxygen atoms in total. The molecule has 0 radical (unpaired) electrons. The lowest BCUT2D eigenvalue weighted by Crippen LogP contribution is -2.09. The van der Waals surface area contributed by atoms with Crippen LogP contribution >= 0.6 is 0 Å². The minimum Gasteiger partial charge on any atom is -0.506 e. The Morgan fingerprint density at radius 1 is 0.762 bits per heavy atom. The fourth-order valence-corrected chi connectivity index (χ4v) is 2.34. The van der Waals surface area contributed by atoms with E-state index < -0.39 is 0 Å².